The van der Waals surface area contributed by atoms with Crippen molar-refractivity contribution in [2.75, 3.05) is 6.54 Å². The molecule has 1 heterocycles. The number of amides is 1. The lowest BCUT2D eigenvalue weighted by Crippen LogP contribution is -2.26. The molecule has 5 nitrogen and oxygen atoms in total. The van der Waals surface area contributed by atoms with Crippen LogP contribution in [0.4, 0.5) is 0 Å². The number of nitrogens with one attached hydrogen (secondary N) is 2. The molecule has 3 rings (SSSR count). The van der Waals surface area contributed by atoms with E-state index in [-0.39, 0.29) is 5.57 Å². The zero-order valence-electron chi connectivity index (χ0n) is 14.4. The molecule has 3 aromatic rings. The Balaban J connectivity index is 1.71. The minimum atomic E-state index is -0.392. The van der Waals surface area contributed by atoms with Gasteiger partial charge in [-0.1, -0.05) is 58.4 Å². The molecular weight excluding hydrogens is 404 g/mol. The Hall–Kier alpha value is -3.17. The van der Waals surface area contributed by atoms with Gasteiger partial charge in [-0.3, -0.25) is 9.89 Å². The van der Waals surface area contributed by atoms with Crippen molar-refractivity contribution in [1.29, 1.82) is 5.26 Å². The van der Waals surface area contributed by atoms with Gasteiger partial charge in [0.1, 0.15) is 11.6 Å². The van der Waals surface area contributed by atoms with Crippen molar-refractivity contribution in [3.8, 4) is 17.3 Å². The topological polar surface area (TPSA) is 81.6 Å². The van der Waals surface area contributed by atoms with Crippen molar-refractivity contribution in [3.05, 3.63) is 82.0 Å². The van der Waals surface area contributed by atoms with Gasteiger partial charge >= 0.3 is 0 Å². The molecule has 1 aromatic heterocycles. The summed E-state index contributed by atoms with van der Waals surface area (Å²) in [5, 5.41) is 19.2. The van der Waals surface area contributed by atoms with E-state index in [1.54, 1.807) is 12.3 Å². The van der Waals surface area contributed by atoms with Crippen molar-refractivity contribution in [1.82, 2.24) is 15.5 Å². The quantitative estimate of drug-likeness (QED) is 0.465. The van der Waals surface area contributed by atoms with Gasteiger partial charge in [-0.05, 0) is 30.2 Å². The number of hydrogen-bond donors (Lipinski definition) is 2. The van der Waals surface area contributed by atoms with Crippen LogP contribution in [0.5, 0.6) is 0 Å². The Morgan fingerprint density at radius 3 is 2.63 bits per heavy atom. The maximum Gasteiger partial charge on any atom is 0.261 e. The van der Waals surface area contributed by atoms with Crippen LogP contribution in [-0.4, -0.2) is 22.6 Å². The second kappa shape index (κ2) is 8.97. The molecule has 2 aromatic carbocycles. The fourth-order valence-corrected chi connectivity index (χ4v) is 2.88. The molecule has 0 bridgehead atoms. The standard InChI is InChI=1S/C21H17BrN4O/c22-19-8-6-16(7-9-19)20-18(14-25-26-20)12-17(13-23)21(27)24-11-10-15-4-2-1-3-5-15/h1-9,12,14H,10-11H2,(H,24,27)(H,25,26)/b17-12+. The lowest BCUT2D eigenvalue weighted by atomic mass is 10.1. The van der Waals surface area contributed by atoms with Gasteiger partial charge in [0.2, 0.25) is 0 Å². The third-order valence-electron chi connectivity index (χ3n) is 4.01. The number of carbonyl (C=O) groups is 1. The average Bonchev–Trinajstić information content (AvgIpc) is 3.15. The molecule has 0 aliphatic rings. The Morgan fingerprint density at radius 1 is 1.19 bits per heavy atom. The van der Waals surface area contributed by atoms with Gasteiger partial charge < -0.3 is 5.32 Å². The molecule has 0 atom stereocenters. The molecule has 6 heteroatoms. The molecule has 0 unspecified atom stereocenters. The van der Waals surface area contributed by atoms with E-state index in [2.05, 4.69) is 31.4 Å². The molecular formula is C21H17BrN4O. The number of carbonyl (C=O) groups excluding carboxylic acids is 1. The van der Waals surface area contributed by atoms with Crippen LogP contribution in [0.15, 0.2) is 70.8 Å². The van der Waals surface area contributed by atoms with Gasteiger partial charge in [0, 0.05) is 22.1 Å². The van der Waals surface area contributed by atoms with Crippen molar-refractivity contribution in [3.63, 3.8) is 0 Å². The molecule has 0 saturated heterocycles. The normalized spacial score (nSPS) is 11.0. The molecule has 134 valence electrons. The molecule has 0 fully saturated rings. The second-order valence-corrected chi connectivity index (χ2v) is 6.78. The molecule has 0 aliphatic heterocycles. The predicted molar refractivity (Wildman–Crippen MR) is 108 cm³/mol. The largest absolute Gasteiger partial charge is 0.351 e. The fraction of sp³-hybridized carbons (Fsp3) is 0.0952. The molecule has 0 radical (unpaired) electrons. The van der Waals surface area contributed by atoms with E-state index in [1.165, 1.54) is 0 Å². The first kappa shape index (κ1) is 18.6. The second-order valence-electron chi connectivity index (χ2n) is 5.87. The van der Waals surface area contributed by atoms with E-state index in [0.717, 1.165) is 21.3 Å². The van der Waals surface area contributed by atoms with Gasteiger partial charge in [-0.25, -0.2) is 0 Å². The summed E-state index contributed by atoms with van der Waals surface area (Å²) in [4.78, 5) is 12.3. The zero-order valence-corrected chi connectivity index (χ0v) is 16.0. The SMILES string of the molecule is N#C/C(=C\c1cn[nH]c1-c1ccc(Br)cc1)C(=O)NCCc1ccccc1. The molecule has 2 N–H and O–H groups in total. The van der Waals surface area contributed by atoms with Crippen molar-refractivity contribution >= 4 is 27.9 Å². The summed E-state index contributed by atoms with van der Waals surface area (Å²) in [5.74, 6) is -0.392. The van der Waals surface area contributed by atoms with Crippen molar-refractivity contribution in [2.24, 2.45) is 0 Å². The van der Waals surface area contributed by atoms with E-state index < -0.39 is 5.91 Å². The zero-order chi connectivity index (χ0) is 19.1. The van der Waals surface area contributed by atoms with E-state index in [9.17, 15) is 10.1 Å². The van der Waals surface area contributed by atoms with Gasteiger partial charge in [0.15, 0.2) is 0 Å². The van der Waals surface area contributed by atoms with Gasteiger partial charge in [-0.15, -0.1) is 0 Å². The number of rotatable bonds is 6. The number of nitrogens with zero attached hydrogens (tertiary/aromatic N) is 2. The third-order valence-corrected chi connectivity index (χ3v) is 4.54. The highest BCUT2D eigenvalue weighted by molar-refractivity contribution is 9.10. The summed E-state index contributed by atoms with van der Waals surface area (Å²) >= 11 is 3.40. The first-order valence-corrected chi connectivity index (χ1v) is 9.20. The first-order chi connectivity index (χ1) is 13.2. The average molecular weight is 421 g/mol. The van der Waals surface area contributed by atoms with Crippen LogP contribution in [0.3, 0.4) is 0 Å². The number of aromatic nitrogens is 2. The monoisotopic (exact) mass is 420 g/mol. The maximum atomic E-state index is 12.3. The molecule has 27 heavy (non-hydrogen) atoms. The fourth-order valence-electron chi connectivity index (χ4n) is 2.62. The van der Waals surface area contributed by atoms with Crippen molar-refractivity contribution in [2.45, 2.75) is 6.42 Å². The molecule has 1 amide bonds. The first-order valence-electron chi connectivity index (χ1n) is 8.40. The number of aromatic amines is 1. The van der Waals surface area contributed by atoms with E-state index in [4.69, 9.17) is 0 Å². The Labute approximate surface area is 165 Å². The predicted octanol–water partition coefficient (Wildman–Crippen LogP) is 4.11. The summed E-state index contributed by atoms with van der Waals surface area (Å²) in [6.07, 6.45) is 3.87. The molecule has 0 saturated carbocycles. The van der Waals surface area contributed by atoms with Crippen LogP contribution < -0.4 is 5.32 Å². The van der Waals surface area contributed by atoms with E-state index in [0.29, 0.717) is 18.5 Å². The Bertz CT molecular complexity index is 985. The van der Waals surface area contributed by atoms with Gasteiger partial charge in [-0.2, -0.15) is 10.4 Å². The van der Waals surface area contributed by atoms with Crippen LogP contribution in [0.2, 0.25) is 0 Å². The van der Waals surface area contributed by atoms with Crippen LogP contribution in [0.25, 0.3) is 17.3 Å². The minimum Gasteiger partial charge on any atom is -0.351 e. The third kappa shape index (κ3) is 4.93. The summed E-state index contributed by atoms with van der Waals surface area (Å²) in [6.45, 7) is 0.465. The van der Waals surface area contributed by atoms with Gasteiger partial charge in [0.25, 0.3) is 5.91 Å². The maximum absolute atomic E-state index is 12.3. The van der Waals surface area contributed by atoms with Gasteiger partial charge in [0.05, 0.1) is 11.9 Å². The van der Waals surface area contributed by atoms with Crippen LogP contribution in [0.1, 0.15) is 11.1 Å². The number of hydrogen-bond acceptors (Lipinski definition) is 3. The summed E-state index contributed by atoms with van der Waals surface area (Å²) < 4.78 is 0.971. The lowest BCUT2D eigenvalue weighted by molar-refractivity contribution is -0.117. The van der Waals surface area contributed by atoms with Crippen LogP contribution >= 0.6 is 15.9 Å². The van der Waals surface area contributed by atoms with E-state index >= 15 is 0 Å². The van der Waals surface area contributed by atoms with Crippen molar-refractivity contribution < 1.29 is 4.79 Å². The summed E-state index contributed by atoms with van der Waals surface area (Å²) in [7, 11) is 0. The molecule has 0 spiro atoms. The lowest BCUT2D eigenvalue weighted by Gasteiger charge is -2.05. The number of H-pyrrole nitrogens is 1. The number of halogens is 1. The Kier molecular flexibility index (Phi) is 6.18. The highest BCUT2D eigenvalue weighted by atomic mass is 79.9. The Morgan fingerprint density at radius 2 is 1.93 bits per heavy atom. The summed E-state index contributed by atoms with van der Waals surface area (Å²) in [6, 6.07) is 19.6. The van der Waals surface area contributed by atoms with Crippen LogP contribution in [-0.2, 0) is 11.2 Å². The molecule has 0 aliphatic carbocycles. The number of benzene rings is 2. The minimum absolute atomic E-state index is 0.0443. The number of nitriles is 1. The summed E-state index contributed by atoms with van der Waals surface area (Å²) in [5.41, 5.74) is 3.54. The van der Waals surface area contributed by atoms with E-state index in [1.807, 2.05) is 60.7 Å². The smallest absolute Gasteiger partial charge is 0.261 e. The highest BCUT2D eigenvalue weighted by Gasteiger charge is 2.12. The highest BCUT2D eigenvalue weighted by Crippen LogP contribution is 2.24. The van der Waals surface area contributed by atoms with Crippen LogP contribution in [0, 0.1) is 11.3 Å².